The standard InChI is InChI=1S/C28H33N5O3.C25H29ClN6O2.C24H26N6O3.C23H25ClN6O/c1-4-9-33(23-12-24(34-2)15-25(13-23)35-3)22-5-6-26-27(14-22)31-28(17-29-26)21-16-30-32(19-21)18-20-7-10-36-11-8-20;1-16(2)27-8-9-32(23-11-19(33-4)12-24(34-5)25(23)26)18-6-7-20-21(10-18)30-22(14-28-20)17-13-29-31(3)15-17;1-16(31)25-7-8-30(19-9-20(32-3)12-21(10-19)33-4)18-5-6-22-23(11-18)28-24(14-26-22)17-13-27-29(2)15-17;1-15(2)25-8-9-30(23-11-18(31-3)5-6-19(23)24)17-4-7-20-21(10-17)29-22(14-26-20)16-12-27-28-13-16/h5-6,12-17,19-20H,4,7-11,18H2,1-3H3;6-7,10-16,27H,8-9H2,1-5H3;5-6,9-15H,7-8H2,1-4H3,(H,25,31);4-7,10-15,25H,8-9H2,1-3H3,(H,27,28). The van der Waals surface area contributed by atoms with Gasteiger partial charge in [0.05, 0.1) is 183 Å². The molecule has 1 saturated heterocycles. The van der Waals surface area contributed by atoms with E-state index in [0.717, 1.165) is 217 Å². The Kier molecular flexibility index (Phi) is 32.7. The highest BCUT2D eigenvalue weighted by atomic mass is 35.5. The fourth-order valence-electron chi connectivity index (χ4n) is 15.3. The van der Waals surface area contributed by atoms with E-state index in [2.05, 4.69) is 134 Å². The molecular weight excluding hydrogens is 1740 g/mol. The van der Waals surface area contributed by atoms with Crippen LogP contribution in [0.5, 0.6) is 40.2 Å². The predicted octanol–water partition coefficient (Wildman–Crippen LogP) is 18.5. The molecule has 0 atom stereocenters. The Hall–Kier alpha value is -14.3. The van der Waals surface area contributed by atoms with E-state index in [1.807, 2.05) is 165 Å². The van der Waals surface area contributed by atoms with Crippen molar-refractivity contribution in [2.24, 2.45) is 20.0 Å². The third-order valence-electron chi connectivity index (χ3n) is 22.3. The van der Waals surface area contributed by atoms with Gasteiger partial charge in [0.2, 0.25) is 5.91 Å². The van der Waals surface area contributed by atoms with Crippen molar-refractivity contribution in [1.29, 1.82) is 0 Å². The zero-order valence-corrected chi connectivity index (χ0v) is 79.6. The highest BCUT2D eigenvalue weighted by Crippen LogP contribution is 2.44. The summed E-state index contributed by atoms with van der Waals surface area (Å²) in [4.78, 5) is 57.9. The van der Waals surface area contributed by atoms with Gasteiger partial charge in [-0.15, -0.1) is 0 Å². The minimum Gasteiger partial charge on any atom is -0.497 e. The normalized spacial score (nSPS) is 11.9. The van der Waals surface area contributed by atoms with Gasteiger partial charge in [0.1, 0.15) is 45.3 Å². The summed E-state index contributed by atoms with van der Waals surface area (Å²) in [6.45, 7) is 19.6. The molecule has 134 heavy (non-hydrogen) atoms. The maximum Gasteiger partial charge on any atom is 0.216 e. The molecule has 0 spiro atoms. The number of methoxy groups -OCH3 is 7. The third kappa shape index (κ3) is 24.5. The van der Waals surface area contributed by atoms with Crippen LogP contribution < -0.4 is 68.7 Å². The molecule has 0 unspecified atom stereocenters. The lowest BCUT2D eigenvalue weighted by Gasteiger charge is -2.28. The lowest BCUT2D eigenvalue weighted by Crippen LogP contribution is -2.32. The molecule has 0 bridgehead atoms. The van der Waals surface area contributed by atoms with E-state index < -0.39 is 0 Å². The summed E-state index contributed by atoms with van der Waals surface area (Å²) < 4.78 is 49.4. The minimum absolute atomic E-state index is 0.0799. The number of aromatic amines is 1. The molecule has 16 aromatic rings. The first-order chi connectivity index (χ1) is 65.1. The topological polar surface area (TPSA) is 325 Å². The van der Waals surface area contributed by atoms with Crippen molar-refractivity contribution < 1.29 is 42.7 Å². The molecule has 696 valence electrons. The first kappa shape index (κ1) is 95.8. The Morgan fingerprint density at radius 1 is 0.440 bits per heavy atom. The molecule has 4 N–H and O–H groups in total. The molecule has 0 radical (unpaired) electrons. The van der Waals surface area contributed by atoms with Gasteiger partial charge < -0.3 is 73.4 Å². The Labute approximate surface area is 789 Å². The van der Waals surface area contributed by atoms with Crippen molar-refractivity contribution in [3.05, 3.63) is 224 Å². The summed E-state index contributed by atoms with van der Waals surface area (Å²) >= 11 is 13.4. The zero-order chi connectivity index (χ0) is 94.3. The molecular formula is C100H113Cl2N23O9. The maximum absolute atomic E-state index is 11.5. The average molecular weight is 1850 g/mol. The van der Waals surface area contributed by atoms with E-state index in [4.69, 9.17) is 81.0 Å². The van der Waals surface area contributed by atoms with Crippen LogP contribution in [-0.4, -0.2) is 206 Å². The third-order valence-corrected chi connectivity index (χ3v) is 23.0. The fraction of sp³-hybridized carbons (Fsp3) is 0.310. The van der Waals surface area contributed by atoms with Crippen LogP contribution in [0.3, 0.4) is 0 Å². The summed E-state index contributed by atoms with van der Waals surface area (Å²) in [7, 11) is 15.2. The van der Waals surface area contributed by atoms with Crippen molar-refractivity contribution in [3.63, 3.8) is 0 Å². The van der Waals surface area contributed by atoms with E-state index in [1.165, 1.54) is 6.92 Å². The Morgan fingerprint density at radius 2 is 0.851 bits per heavy atom. The molecule has 32 nitrogen and oxygen atoms in total. The average Bonchev–Trinajstić information content (AvgIpc) is 0.861. The molecule has 1 aliphatic heterocycles. The summed E-state index contributed by atoms with van der Waals surface area (Å²) in [6, 6.07) is 45.9. The van der Waals surface area contributed by atoms with Crippen LogP contribution in [0.4, 0.5) is 45.5 Å². The molecule has 8 aromatic carbocycles. The predicted molar refractivity (Wildman–Crippen MR) is 530 cm³/mol. The van der Waals surface area contributed by atoms with Crippen molar-refractivity contribution >= 4 is 119 Å². The van der Waals surface area contributed by atoms with Gasteiger partial charge >= 0.3 is 0 Å². The molecule has 9 heterocycles. The number of carbonyl (C=O) groups is 1. The van der Waals surface area contributed by atoms with Gasteiger partial charge in [-0.05, 0) is 110 Å². The lowest BCUT2D eigenvalue weighted by atomic mass is 10.0. The van der Waals surface area contributed by atoms with Gasteiger partial charge in [-0.2, -0.15) is 20.4 Å². The van der Waals surface area contributed by atoms with Gasteiger partial charge in [-0.25, -0.2) is 19.9 Å². The largest absolute Gasteiger partial charge is 0.497 e. The second-order valence-corrected chi connectivity index (χ2v) is 33.2. The number of carbonyl (C=O) groups excluding carboxylic acids is 1. The number of nitrogens with zero attached hydrogens (tertiary/aromatic N) is 19. The lowest BCUT2D eigenvalue weighted by molar-refractivity contribution is -0.118. The Balaban J connectivity index is 0.000000144. The smallest absolute Gasteiger partial charge is 0.216 e. The number of amides is 1. The van der Waals surface area contributed by atoms with Crippen LogP contribution in [0.15, 0.2) is 214 Å². The molecule has 1 aliphatic rings. The number of aryl methyl sites for hydroxylation is 2. The Morgan fingerprint density at radius 3 is 1.26 bits per heavy atom. The number of aromatic nitrogens is 16. The first-order valence-corrected chi connectivity index (χ1v) is 45.0. The van der Waals surface area contributed by atoms with Crippen LogP contribution in [0.25, 0.3) is 89.2 Å². The van der Waals surface area contributed by atoms with E-state index in [9.17, 15) is 4.79 Å². The monoisotopic (exact) mass is 1850 g/mol. The van der Waals surface area contributed by atoms with E-state index in [1.54, 1.807) is 109 Å². The van der Waals surface area contributed by atoms with Gasteiger partial charge in [0, 0.05) is 234 Å². The number of nitrogens with one attached hydrogen (secondary N) is 4. The molecule has 1 amide bonds. The molecule has 8 aromatic heterocycles. The number of hydrogen-bond donors (Lipinski definition) is 4. The molecule has 1 fully saturated rings. The Bertz CT molecular complexity index is 6580. The number of fused-ring (bicyclic) bond motifs is 4. The van der Waals surface area contributed by atoms with Crippen LogP contribution >= 0.6 is 23.2 Å². The van der Waals surface area contributed by atoms with Crippen LogP contribution in [0.1, 0.15) is 60.8 Å². The molecule has 0 aliphatic carbocycles. The number of anilines is 8. The highest BCUT2D eigenvalue weighted by Gasteiger charge is 2.24. The van der Waals surface area contributed by atoms with Crippen molar-refractivity contribution in [2.75, 3.05) is 128 Å². The summed E-state index contributed by atoms with van der Waals surface area (Å²) in [6.07, 6.45) is 25.1. The van der Waals surface area contributed by atoms with Gasteiger partial charge in [0.25, 0.3) is 0 Å². The zero-order valence-electron chi connectivity index (χ0n) is 78.1. The highest BCUT2D eigenvalue weighted by molar-refractivity contribution is 6.35. The maximum atomic E-state index is 11.5. The number of H-pyrrole nitrogens is 1. The number of hydrogen-bond acceptors (Lipinski definition) is 27. The van der Waals surface area contributed by atoms with Crippen LogP contribution in [-0.2, 0) is 30.2 Å². The molecule has 17 rings (SSSR count). The summed E-state index contributed by atoms with van der Waals surface area (Å²) in [5.41, 5.74) is 20.7. The van der Waals surface area contributed by atoms with E-state index >= 15 is 0 Å². The quantitative estimate of drug-likeness (QED) is 0.0291. The van der Waals surface area contributed by atoms with Crippen LogP contribution in [0.2, 0.25) is 10.0 Å². The van der Waals surface area contributed by atoms with Crippen molar-refractivity contribution in [3.8, 4) is 85.3 Å². The number of benzene rings is 8. The van der Waals surface area contributed by atoms with Gasteiger partial charge in [-0.1, -0.05) is 57.8 Å². The number of ether oxygens (including phenoxy) is 8. The van der Waals surface area contributed by atoms with Gasteiger partial charge in [0.15, 0.2) is 0 Å². The van der Waals surface area contributed by atoms with Crippen molar-refractivity contribution in [2.45, 2.75) is 79.4 Å². The van der Waals surface area contributed by atoms with E-state index in [0.29, 0.717) is 70.7 Å². The van der Waals surface area contributed by atoms with Crippen molar-refractivity contribution in [1.82, 2.24) is 95.4 Å². The van der Waals surface area contributed by atoms with Gasteiger partial charge in [-0.3, -0.25) is 43.9 Å². The first-order valence-electron chi connectivity index (χ1n) is 44.2. The number of halogens is 2. The van der Waals surface area contributed by atoms with E-state index in [-0.39, 0.29) is 5.91 Å². The molecule has 0 saturated carbocycles. The second kappa shape index (κ2) is 45.7. The minimum atomic E-state index is -0.0799. The summed E-state index contributed by atoms with van der Waals surface area (Å²) in [5, 5.41) is 30.9. The fourth-order valence-corrected chi connectivity index (χ4v) is 15.9. The second-order valence-electron chi connectivity index (χ2n) is 32.4. The van der Waals surface area contributed by atoms with Crippen LogP contribution in [0, 0.1) is 5.92 Å². The summed E-state index contributed by atoms with van der Waals surface area (Å²) in [5.74, 6) is 5.36. The molecule has 34 heteroatoms. The number of rotatable bonds is 34. The SMILES string of the molecule is CCCN(c1cc(OC)cc(OC)c1)c1ccc2ncc(-c3cnn(CC4CCOCC4)c3)nc2c1.COc1cc(OC)c(Cl)c(N(CCNC(C)C)c2ccc3ncc(-c4cnn(C)c4)nc3c2)c1.COc1cc(OC)cc(N(CCNC(C)=O)c2ccc3ncc(-c4cnn(C)c4)nc3c2)c1.COc1ccc(Cl)c(N(CCNC(C)C)c2ccc3ncc(-c4cn[nH]c4)nc3c2)c1.